The minimum atomic E-state index is -0.385. The first-order valence-corrected chi connectivity index (χ1v) is 5.66. The summed E-state index contributed by atoms with van der Waals surface area (Å²) in [6.07, 6.45) is 1.16. The van der Waals surface area contributed by atoms with Crippen molar-refractivity contribution in [3.05, 3.63) is 65.0 Å². The van der Waals surface area contributed by atoms with Crippen molar-refractivity contribution in [2.24, 2.45) is 0 Å². The fraction of sp³-hybridized carbons (Fsp3) is 0.214. The quantitative estimate of drug-likeness (QED) is 0.903. The maximum Gasteiger partial charge on any atom is 0.141 e. The van der Waals surface area contributed by atoms with E-state index in [0.717, 1.165) is 11.8 Å². The largest absolute Gasteiger partial charge is 0.308 e. The number of rotatable bonds is 3. The van der Waals surface area contributed by atoms with E-state index >= 15 is 0 Å². The third kappa shape index (κ3) is 2.54. The molecular weight excluding hydrogens is 234 g/mol. The van der Waals surface area contributed by atoms with E-state index in [0.29, 0.717) is 11.3 Å². The predicted octanol–water partition coefficient (Wildman–Crippen LogP) is 2.98. The van der Waals surface area contributed by atoms with Crippen molar-refractivity contribution in [2.45, 2.75) is 13.0 Å². The summed E-state index contributed by atoms with van der Waals surface area (Å²) in [5.41, 5.74) is 2.02. The summed E-state index contributed by atoms with van der Waals surface area (Å²) >= 11 is 0. The van der Waals surface area contributed by atoms with Gasteiger partial charge in [-0.3, -0.25) is 4.98 Å². The summed E-state index contributed by atoms with van der Waals surface area (Å²) in [6.45, 7) is 1.71. The first kappa shape index (κ1) is 12.6. The molecule has 0 amide bonds. The lowest BCUT2D eigenvalue weighted by Crippen LogP contribution is -2.19. The molecule has 2 rings (SSSR count). The van der Waals surface area contributed by atoms with Gasteiger partial charge >= 0.3 is 0 Å². The number of nitrogens with zero attached hydrogens (tertiary/aromatic N) is 1. The Morgan fingerprint density at radius 2 is 1.94 bits per heavy atom. The van der Waals surface area contributed by atoms with Crippen LogP contribution in [0.1, 0.15) is 22.9 Å². The second kappa shape index (κ2) is 5.23. The zero-order chi connectivity index (χ0) is 13.1. The van der Waals surface area contributed by atoms with Gasteiger partial charge in [0.05, 0.1) is 17.9 Å². The molecule has 0 saturated carbocycles. The Kier molecular flexibility index (Phi) is 3.67. The summed E-state index contributed by atoms with van der Waals surface area (Å²) < 4.78 is 26.4. The van der Waals surface area contributed by atoms with Crippen LogP contribution >= 0.6 is 0 Å². The van der Waals surface area contributed by atoms with E-state index in [9.17, 15) is 8.78 Å². The van der Waals surface area contributed by atoms with Crippen LogP contribution in [0.15, 0.2) is 36.5 Å². The van der Waals surface area contributed by atoms with Gasteiger partial charge in [-0.1, -0.05) is 12.1 Å². The molecule has 0 bridgehead atoms. The summed E-state index contributed by atoms with van der Waals surface area (Å²) in [6, 6.07) is 7.72. The molecule has 18 heavy (non-hydrogen) atoms. The molecule has 0 aliphatic carbocycles. The molecule has 2 nitrogen and oxygen atoms in total. The minimum Gasteiger partial charge on any atom is -0.308 e. The Hall–Kier alpha value is -1.81. The first-order valence-electron chi connectivity index (χ1n) is 5.66. The number of hydrogen-bond acceptors (Lipinski definition) is 2. The predicted molar refractivity (Wildman–Crippen MR) is 66.2 cm³/mol. The molecule has 1 atom stereocenters. The molecule has 4 heteroatoms. The van der Waals surface area contributed by atoms with Crippen molar-refractivity contribution in [3.8, 4) is 0 Å². The molecular formula is C14H14F2N2. The Balaban J connectivity index is 2.38. The van der Waals surface area contributed by atoms with Crippen LogP contribution in [0, 0.1) is 18.6 Å². The van der Waals surface area contributed by atoms with Gasteiger partial charge in [0.15, 0.2) is 0 Å². The molecule has 1 aromatic carbocycles. The van der Waals surface area contributed by atoms with E-state index < -0.39 is 0 Å². The molecule has 0 saturated heterocycles. The molecule has 0 spiro atoms. The van der Waals surface area contributed by atoms with Crippen molar-refractivity contribution in [3.63, 3.8) is 0 Å². The van der Waals surface area contributed by atoms with Gasteiger partial charge < -0.3 is 5.32 Å². The van der Waals surface area contributed by atoms with Gasteiger partial charge in [0.2, 0.25) is 0 Å². The SMILES string of the molecule is CNC(c1ccc(C)c(F)c1)c1ccc(F)cn1. The van der Waals surface area contributed by atoms with E-state index in [2.05, 4.69) is 10.3 Å². The van der Waals surface area contributed by atoms with Gasteiger partial charge in [-0.05, 0) is 43.3 Å². The zero-order valence-electron chi connectivity index (χ0n) is 10.2. The van der Waals surface area contributed by atoms with Gasteiger partial charge in [0, 0.05) is 0 Å². The standard InChI is InChI=1S/C14H14F2N2/c1-9-3-4-10(7-12(9)16)14(17-2)13-6-5-11(15)8-18-13/h3-8,14,17H,1-2H3. The first-order chi connectivity index (χ1) is 8.61. The summed E-state index contributed by atoms with van der Waals surface area (Å²) in [4.78, 5) is 4.02. The second-order valence-corrected chi connectivity index (χ2v) is 4.13. The van der Waals surface area contributed by atoms with Crippen LogP contribution in [0.25, 0.3) is 0 Å². The van der Waals surface area contributed by atoms with E-state index in [1.165, 1.54) is 12.1 Å². The molecule has 0 aliphatic rings. The van der Waals surface area contributed by atoms with Crippen molar-refractivity contribution >= 4 is 0 Å². The van der Waals surface area contributed by atoms with Crippen LogP contribution in [0.2, 0.25) is 0 Å². The third-order valence-corrected chi connectivity index (χ3v) is 2.86. The molecule has 1 heterocycles. The maximum absolute atomic E-state index is 13.5. The number of hydrogen-bond donors (Lipinski definition) is 1. The van der Waals surface area contributed by atoms with Gasteiger partial charge in [0.1, 0.15) is 11.6 Å². The monoisotopic (exact) mass is 248 g/mol. The normalized spacial score (nSPS) is 12.4. The summed E-state index contributed by atoms with van der Waals surface area (Å²) in [5, 5.41) is 3.05. The maximum atomic E-state index is 13.5. The van der Waals surface area contributed by atoms with Crippen LogP contribution in [0.3, 0.4) is 0 Å². The highest BCUT2D eigenvalue weighted by atomic mass is 19.1. The fourth-order valence-electron chi connectivity index (χ4n) is 1.83. The van der Waals surface area contributed by atoms with E-state index in [4.69, 9.17) is 0 Å². The van der Waals surface area contributed by atoms with Gasteiger partial charge in [0.25, 0.3) is 0 Å². The van der Waals surface area contributed by atoms with Gasteiger partial charge in [-0.25, -0.2) is 8.78 Å². The molecule has 1 aromatic heterocycles. The highest BCUT2D eigenvalue weighted by molar-refractivity contribution is 5.31. The molecule has 1 unspecified atom stereocenters. The van der Waals surface area contributed by atoms with Crippen LogP contribution in [-0.4, -0.2) is 12.0 Å². The lowest BCUT2D eigenvalue weighted by molar-refractivity contribution is 0.598. The van der Waals surface area contributed by atoms with Crippen molar-refractivity contribution < 1.29 is 8.78 Å². The van der Waals surface area contributed by atoms with E-state index in [1.54, 1.807) is 26.1 Å². The Labute approximate surface area is 105 Å². The molecule has 2 aromatic rings. The number of aromatic nitrogens is 1. The fourth-order valence-corrected chi connectivity index (χ4v) is 1.83. The molecule has 0 radical (unpaired) electrons. The van der Waals surface area contributed by atoms with E-state index in [-0.39, 0.29) is 17.7 Å². The number of benzene rings is 1. The second-order valence-electron chi connectivity index (χ2n) is 4.13. The summed E-state index contributed by atoms with van der Waals surface area (Å²) in [7, 11) is 1.76. The third-order valence-electron chi connectivity index (χ3n) is 2.86. The van der Waals surface area contributed by atoms with Crippen LogP contribution in [0.4, 0.5) is 8.78 Å². The number of aryl methyl sites for hydroxylation is 1. The molecule has 0 aliphatic heterocycles. The minimum absolute atomic E-state index is 0.249. The molecule has 0 fully saturated rings. The Bertz CT molecular complexity index is 538. The Morgan fingerprint density at radius 3 is 2.50 bits per heavy atom. The number of pyridine rings is 1. The average Bonchev–Trinajstić information content (AvgIpc) is 2.37. The average molecular weight is 248 g/mol. The summed E-state index contributed by atoms with van der Waals surface area (Å²) in [5.74, 6) is -0.640. The van der Waals surface area contributed by atoms with E-state index in [1.807, 2.05) is 6.07 Å². The van der Waals surface area contributed by atoms with Crippen LogP contribution < -0.4 is 5.32 Å². The van der Waals surface area contributed by atoms with Gasteiger partial charge in [-0.2, -0.15) is 0 Å². The highest BCUT2D eigenvalue weighted by Gasteiger charge is 2.14. The van der Waals surface area contributed by atoms with Crippen LogP contribution in [0.5, 0.6) is 0 Å². The lowest BCUT2D eigenvalue weighted by atomic mass is 10.0. The van der Waals surface area contributed by atoms with Crippen LogP contribution in [-0.2, 0) is 0 Å². The smallest absolute Gasteiger partial charge is 0.141 e. The topological polar surface area (TPSA) is 24.9 Å². The van der Waals surface area contributed by atoms with Crippen molar-refractivity contribution in [1.29, 1.82) is 0 Å². The lowest BCUT2D eigenvalue weighted by Gasteiger charge is -2.16. The number of nitrogens with one attached hydrogen (secondary N) is 1. The molecule has 1 N–H and O–H groups in total. The van der Waals surface area contributed by atoms with Crippen molar-refractivity contribution in [1.82, 2.24) is 10.3 Å². The molecule has 94 valence electrons. The zero-order valence-corrected chi connectivity index (χ0v) is 10.2. The van der Waals surface area contributed by atoms with Crippen molar-refractivity contribution in [2.75, 3.05) is 7.05 Å². The van der Waals surface area contributed by atoms with Gasteiger partial charge in [-0.15, -0.1) is 0 Å². The number of halogens is 2. The highest BCUT2D eigenvalue weighted by Crippen LogP contribution is 2.22. The Morgan fingerprint density at radius 1 is 1.17 bits per heavy atom.